The van der Waals surface area contributed by atoms with Gasteiger partial charge in [0.25, 0.3) is 0 Å². The number of rotatable bonds is 7. The lowest BCUT2D eigenvalue weighted by Gasteiger charge is -2.19. The van der Waals surface area contributed by atoms with E-state index in [1.165, 1.54) is 0 Å². The molecule has 1 rings (SSSR count). The van der Waals surface area contributed by atoms with Crippen LogP contribution in [-0.4, -0.2) is 20.8 Å². The van der Waals surface area contributed by atoms with Gasteiger partial charge in [-0.15, -0.1) is 0 Å². The third-order valence-electron chi connectivity index (χ3n) is 2.80. The molecule has 0 saturated carbocycles. The standard InChI is InChI=1S/C13H19ClO3S/c1-11(2)13(10-18(14,15)16)9-17-8-12-6-4-3-5-7-12/h3-7,11,13H,8-10H2,1-2H3. The van der Waals surface area contributed by atoms with Crippen LogP contribution in [0.25, 0.3) is 0 Å². The van der Waals surface area contributed by atoms with Crippen molar-refractivity contribution in [3.8, 4) is 0 Å². The van der Waals surface area contributed by atoms with Crippen molar-refractivity contribution in [3.05, 3.63) is 35.9 Å². The molecule has 0 amide bonds. The van der Waals surface area contributed by atoms with Gasteiger partial charge >= 0.3 is 0 Å². The first-order valence-electron chi connectivity index (χ1n) is 5.92. The van der Waals surface area contributed by atoms with Gasteiger partial charge in [-0.3, -0.25) is 0 Å². The maximum absolute atomic E-state index is 11.1. The highest BCUT2D eigenvalue weighted by atomic mass is 35.7. The van der Waals surface area contributed by atoms with Crippen molar-refractivity contribution < 1.29 is 13.2 Å². The fourth-order valence-corrected chi connectivity index (χ4v) is 3.07. The van der Waals surface area contributed by atoms with Gasteiger partial charge in [0.2, 0.25) is 9.05 Å². The van der Waals surface area contributed by atoms with Crippen molar-refractivity contribution in [1.82, 2.24) is 0 Å². The summed E-state index contributed by atoms with van der Waals surface area (Å²) in [5.41, 5.74) is 1.08. The smallest absolute Gasteiger partial charge is 0.232 e. The molecule has 1 atom stereocenters. The number of ether oxygens (including phenoxy) is 1. The zero-order chi connectivity index (χ0) is 13.6. The van der Waals surface area contributed by atoms with Crippen molar-refractivity contribution >= 4 is 19.7 Å². The van der Waals surface area contributed by atoms with Crippen molar-refractivity contribution in [1.29, 1.82) is 0 Å². The molecule has 1 aromatic carbocycles. The van der Waals surface area contributed by atoms with E-state index in [1.54, 1.807) is 0 Å². The fourth-order valence-electron chi connectivity index (χ4n) is 1.59. The van der Waals surface area contributed by atoms with Crippen LogP contribution in [0.1, 0.15) is 19.4 Å². The van der Waals surface area contributed by atoms with Crippen molar-refractivity contribution in [2.24, 2.45) is 11.8 Å². The first-order valence-corrected chi connectivity index (χ1v) is 8.40. The van der Waals surface area contributed by atoms with Crippen molar-refractivity contribution in [2.75, 3.05) is 12.4 Å². The first kappa shape index (κ1) is 15.5. The molecule has 0 N–H and O–H groups in total. The summed E-state index contributed by atoms with van der Waals surface area (Å²) in [4.78, 5) is 0. The number of hydrogen-bond acceptors (Lipinski definition) is 3. The molecule has 0 fully saturated rings. The van der Waals surface area contributed by atoms with Crippen LogP contribution in [0.5, 0.6) is 0 Å². The van der Waals surface area contributed by atoms with Gasteiger partial charge in [-0.1, -0.05) is 44.2 Å². The van der Waals surface area contributed by atoms with Crippen molar-refractivity contribution in [3.63, 3.8) is 0 Å². The molecule has 1 aromatic rings. The summed E-state index contributed by atoms with van der Waals surface area (Å²) in [7, 11) is 1.81. The predicted molar refractivity (Wildman–Crippen MR) is 74.1 cm³/mol. The average molecular weight is 291 g/mol. The maximum atomic E-state index is 11.1. The molecule has 102 valence electrons. The van der Waals surface area contributed by atoms with Gasteiger partial charge < -0.3 is 4.74 Å². The zero-order valence-corrected chi connectivity index (χ0v) is 12.2. The molecule has 0 aliphatic heterocycles. The lowest BCUT2D eigenvalue weighted by molar-refractivity contribution is 0.0791. The number of hydrogen-bond donors (Lipinski definition) is 0. The predicted octanol–water partition coefficient (Wildman–Crippen LogP) is 3.04. The Bertz CT molecular complexity index is 443. The minimum Gasteiger partial charge on any atom is -0.376 e. The van der Waals surface area contributed by atoms with Gasteiger partial charge in [0.15, 0.2) is 0 Å². The molecule has 0 heterocycles. The van der Waals surface area contributed by atoms with Crippen LogP contribution < -0.4 is 0 Å². The lowest BCUT2D eigenvalue weighted by atomic mass is 9.99. The van der Waals surface area contributed by atoms with Crippen molar-refractivity contribution in [2.45, 2.75) is 20.5 Å². The Morgan fingerprint density at radius 2 is 1.83 bits per heavy atom. The first-order chi connectivity index (χ1) is 8.38. The van der Waals surface area contributed by atoms with E-state index in [-0.39, 0.29) is 17.6 Å². The molecule has 18 heavy (non-hydrogen) atoms. The summed E-state index contributed by atoms with van der Waals surface area (Å²) in [5, 5.41) is 0. The van der Waals surface area contributed by atoms with E-state index in [0.29, 0.717) is 13.2 Å². The summed E-state index contributed by atoms with van der Waals surface area (Å²) in [6.07, 6.45) is 0. The highest BCUT2D eigenvalue weighted by Gasteiger charge is 2.20. The molecule has 0 radical (unpaired) electrons. The Labute approximate surface area is 114 Å². The highest BCUT2D eigenvalue weighted by Crippen LogP contribution is 2.17. The zero-order valence-electron chi connectivity index (χ0n) is 10.7. The molecule has 0 aliphatic carbocycles. The van der Waals surface area contributed by atoms with Crippen LogP contribution in [0.15, 0.2) is 30.3 Å². The Kier molecular flexibility index (Phi) is 6.12. The number of benzene rings is 1. The second kappa shape index (κ2) is 7.12. The Hall–Kier alpha value is -0.580. The molecule has 0 aromatic heterocycles. The SMILES string of the molecule is CC(C)C(COCc1ccccc1)CS(=O)(=O)Cl. The maximum Gasteiger partial charge on any atom is 0.232 e. The van der Waals surface area contributed by atoms with Gasteiger partial charge in [-0.25, -0.2) is 8.42 Å². The summed E-state index contributed by atoms with van der Waals surface area (Å²) >= 11 is 0. The second-order valence-electron chi connectivity index (χ2n) is 4.71. The summed E-state index contributed by atoms with van der Waals surface area (Å²) < 4.78 is 27.7. The molecular weight excluding hydrogens is 272 g/mol. The van der Waals surface area contributed by atoms with E-state index in [0.717, 1.165) is 5.56 Å². The Morgan fingerprint density at radius 1 is 1.22 bits per heavy atom. The molecule has 0 spiro atoms. The minimum atomic E-state index is -3.47. The molecular formula is C13H19ClO3S. The van der Waals surface area contributed by atoms with Gasteiger partial charge in [0.05, 0.1) is 19.0 Å². The molecule has 0 aliphatic rings. The summed E-state index contributed by atoms with van der Waals surface area (Å²) in [6.45, 7) is 4.84. The summed E-state index contributed by atoms with van der Waals surface area (Å²) in [5.74, 6) is 0.103. The van der Waals surface area contributed by atoms with Gasteiger partial charge in [-0.05, 0) is 17.4 Å². The van der Waals surface area contributed by atoms with Crippen LogP contribution in [0, 0.1) is 11.8 Å². The van der Waals surface area contributed by atoms with Gasteiger partial charge in [0.1, 0.15) is 0 Å². The van der Waals surface area contributed by atoms with E-state index in [4.69, 9.17) is 15.4 Å². The topological polar surface area (TPSA) is 43.4 Å². The average Bonchev–Trinajstić information content (AvgIpc) is 2.27. The van der Waals surface area contributed by atoms with E-state index in [2.05, 4.69) is 0 Å². The van der Waals surface area contributed by atoms with Crippen LogP contribution >= 0.6 is 10.7 Å². The molecule has 5 heteroatoms. The van der Waals surface area contributed by atoms with Crippen LogP contribution in [-0.2, 0) is 20.4 Å². The Balaban J connectivity index is 2.44. The van der Waals surface area contributed by atoms with E-state index in [1.807, 2.05) is 44.2 Å². The van der Waals surface area contributed by atoms with Crippen LogP contribution in [0.2, 0.25) is 0 Å². The molecule has 3 nitrogen and oxygen atoms in total. The quantitative estimate of drug-likeness (QED) is 0.725. The third-order valence-corrected chi connectivity index (χ3v) is 4.00. The molecule has 0 saturated heterocycles. The number of halogens is 1. The molecule has 1 unspecified atom stereocenters. The van der Waals surface area contributed by atoms with E-state index >= 15 is 0 Å². The largest absolute Gasteiger partial charge is 0.376 e. The Morgan fingerprint density at radius 3 is 2.33 bits per heavy atom. The van der Waals surface area contributed by atoms with E-state index < -0.39 is 9.05 Å². The van der Waals surface area contributed by atoms with Crippen LogP contribution in [0.3, 0.4) is 0 Å². The lowest BCUT2D eigenvalue weighted by Crippen LogP contribution is -2.23. The fraction of sp³-hybridized carbons (Fsp3) is 0.538. The minimum absolute atomic E-state index is 0.0407. The molecule has 0 bridgehead atoms. The monoisotopic (exact) mass is 290 g/mol. The van der Waals surface area contributed by atoms with E-state index in [9.17, 15) is 8.42 Å². The van der Waals surface area contributed by atoms with Gasteiger partial charge in [-0.2, -0.15) is 0 Å². The van der Waals surface area contributed by atoms with Gasteiger partial charge in [0, 0.05) is 10.7 Å². The van der Waals surface area contributed by atoms with Crippen LogP contribution in [0.4, 0.5) is 0 Å². The summed E-state index contributed by atoms with van der Waals surface area (Å²) in [6, 6.07) is 9.79. The highest BCUT2D eigenvalue weighted by molar-refractivity contribution is 8.13. The normalized spacial score (nSPS) is 13.8. The third kappa shape index (κ3) is 6.38. The second-order valence-corrected chi connectivity index (χ2v) is 7.53.